The number of hydrogen-bond acceptors (Lipinski definition) is 2. The Morgan fingerprint density at radius 3 is 2.58 bits per heavy atom. The van der Waals surface area contributed by atoms with E-state index in [-0.39, 0.29) is 29.9 Å². The Labute approximate surface area is 176 Å². The van der Waals surface area contributed by atoms with Crippen LogP contribution < -0.4 is 16.0 Å². The van der Waals surface area contributed by atoms with Gasteiger partial charge in [-0.15, -0.1) is 24.0 Å². The zero-order valence-electron chi connectivity index (χ0n) is 14.9. The number of nitrogens with one attached hydrogen (secondary N) is 3. The van der Waals surface area contributed by atoms with Crippen molar-refractivity contribution >= 4 is 47.4 Å². The van der Waals surface area contributed by atoms with E-state index in [0.29, 0.717) is 24.6 Å². The van der Waals surface area contributed by atoms with Crippen LogP contribution in [-0.2, 0) is 13.0 Å². The van der Waals surface area contributed by atoms with E-state index in [1.807, 2.05) is 42.5 Å². The van der Waals surface area contributed by atoms with Crippen molar-refractivity contribution < 1.29 is 4.79 Å². The monoisotopic (exact) mass is 486 g/mol. The summed E-state index contributed by atoms with van der Waals surface area (Å²) >= 11 is 6.15. The van der Waals surface area contributed by atoms with Gasteiger partial charge in [0.25, 0.3) is 5.91 Å². The summed E-state index contributed by atoms with van der Waals surface area (Å²) in [6, 6.07) is 15.3. The molecule has 0 unspecified atom stereocenters. The number of carbonyl (C=O) groups excluding carboxylic acids is 1. The van der Waals surface area contributed by atoms with E-state index in [2.05, 4.69) is 20.9 Å². The van der Waals surface area contributed by atoms with Crippen LogP contribution in [0.15, 0.2) is 53.5 Å². The van der Waals surface area contributed by atoms with Crippen molar-refractivity contribution in [2.24, 2.45) is 4.99 Å². The second kappa shape index (κ2) is 11.7. The molecule has 0 aliphatic heterocycles. The van der Waals surface area contributed by atoms with Crippen LogP contribution in [0.25, 0.3) is 0 Å². The third-order valence-electron chi connectivity index (χ3n) is 3.75. The molecule has 0 aliphatic carbocycles. The molecular formula is C19H24ClIN4O. The van der Waals surface area contributed by atoms with Gasteiger partial charge in [-0.1, -0.05) is 41.9 Å². The van der Waals surface area contributed by atoms with Gasteiger partial charge >= 0.3 is 0 Å². The molecule has 5 nitrogen and oxygen atoms in total. The minimum atomic E-state index is -0.0768. The summed E-state index contributed by atoms with van der Waals surface area (Å²) in [5.41, 5.74) is 2.78. The first kappa shape index (κ1) is 22.2. The first-order valence-electron chi connectivity index (χ1n) is 8.13. The standard InChI is InChI=1S/C19H23ClN4O.HI/c1-21-18(25)15-8-5-6-14(12-15)10-11-23-19(22-2)24-13-16-7-3-4-9-17(16)20;/h3-9,12H,10-11,13H2,1-2H3,(H,21,25)(H2,22,23,24);1H. The molecule has 2 aromatic rings. The fraction of sp³-hybridized carbons (Fsp3) is 0.263. The number of benzene rings is 2. The summed E-state index contributed by atoms with van der Waals surface area (Å²) in [5.74, 6) is 0.634. The predicted octanol–water partition coefficient (Wildman–Crippen LogP) is 3.23. The molecule has 0 radical (unpaired) electrons. The van der Waals surface area contributed by atoms with E-state index < -0.39 is 0 Å². The van der Waals surface area contributed by atoms with E-state index in [1.165, 1.54) is 0 Å². The van der Waals surface area contributed by atoms with Gasteiger partial charge in [-0.3, -0.25) is 9.79 Å². The van der Waals surface area contributed by atoms with E-state index in [4.69, 9.17) is 11.6 Å². The third kappa shape index (κ3) is 6.84. The number of rotatable bonds is 6. The summed E-state index contributed by atoms with van der Waals surface area (Å²) in [6.07, 6.45) is 0.789. The summed E-state index contributed by atoms with van der Waals surface area (Å²) in [4.78, 5) is 15.9. The van der Waals surface area contributed by atoms with Crippen LogP contribution in [0.5, 0.6) is 0 Å². The van der Waals surface area contributed by atoms with Crippen LogP contribution in [0.2, 0.25) is 5.02 Å². The van der Waals surface area contributed by atoms with E-state index in [9.17, 15) is 4.79 Å². The highest BCUT2D eigenvalue weighted by atomic mass is 127. The zero-order chi connectivity index (χ0) is 18.1. The van der Waals surface area contributed by atoms with E-state index in [1.54, 1.807) is 20.2 Å². The van der Waals surface area contributed by atoms with E-state index in [0.717, 1.165) is 22.6 Å². The van der Waals surface area contributed by atoms with Crippen LogP contribution in [0.4, 0.5) is 0 Å². The Balaban J connectivity index is 0.00000338. The number of hydrogen-bond donors (Lipinski definition) is 3. The number of guanidine groups is 1. The van der Waals surface area contributed by atoms with Gasteiger partial charge in [0.1, 0.15) is 0 Å². The molecule has 0 heterocycles. The number of carbonyl (C=O) groups is 1. The summed E-state index contributed by atoms with van der Waals surface area (Å²) in [6.45, 7) is 1.31. The van der Waals surface area contributed by atoms with Gasteiger partial charge < -0.3 is 16.0 Å². The highest BCUT2D eigenvalue weighted by Crippen LogP contribution is 2.14. The molecule has 0 saturated heterocycles. The lowest BCUT2D eigenvalue weighted by Gasteiger charge is -2.13. The molecule has 140 valence electrons. The molecule has 0 atom stereocenters. The van der Waals surface area contributed by atoms with Crippen LogP contribution in [0.1, 0.15) is 21.5 Å². The number of halogens is 2. The second-order valence-corrected chi connectivity index (χ2v) is 5.88. The van der Waals surface area contributed by atoms with Crippen LogP contribution in [0, 0.1) is 0 Å². The minimum Gasteiger partial charge on any atom is -0.356 e. The average Bonchev–Trinajstić information content (AvgIpc) is 2.65. The maximum absolute atomic E-state index is 11.7. The number of aliphatic imine (C=N–C) groups is 1. The van der Waals surface area contributed by atoms with Crippen LogP contribution in [0.3, 0.4) is 0 Å². The smallest absolute Gasteiger partial charge is 0.251 e. The van der Waals surface area contributed by atoms with Crippen molar-refractivity contribution in [1.82, 2.24) is 16.0 Å². The molecule has 0 fully saturated rings. The molecule has 0 bridgehead atoms. The third-order valence-corrected chi connectivity index (χ3v) is 4.12. The molecule has 0 spiro atoms. The van der Waals surface area contributed by atoms with Gasteiger partial charge in [-0.25, -0.2) is 0 Å². The van der Waals surface area contributed by atoms with Crippen molar-refractivity contribution in [3.05, 3.63) is 70.2 Å². The van der Waals surface area contributed by atoms with Gasteiger partial charge in [-0.05, 0) is 35.7 Å². The summed E-state index contributed by atoms with van der Waals surface area (Å²) in [5, 5.41) is 9.87. The van der Waals surface area contributed by atoms with Crippen molar-refractivity contribution in [3.63, 3.8) is 0 Å². The molecule has 2 aromatic carbocycles. The van der Waals surface area contributed by atoms with Crippen molar-refractivity contribution in [2.75, 3.05) is 20.6 Å². The SMILES string of the molecule is CN=C(NCCc1cccc(C(=O)NC)c1)NCc1ccccc1Cl.I. The van der Waals surface area contributed by atoms with Crippen molar-refractivity contribution in [1.29, 1.82) is 0 Å². The van der Waals surface area contributed by atoms with E-state index >= 15 is 0 Å². The maximum atomic E-state index is 11.7. The molecule has 26 heavy (non-hydrogen) atoms. The summed E-state index contributed by atoms with van der Waals surface area (Å²) in [7, 11) is 3.36. The first-order chi connectivity index (χ1) is 12.1. The first-order valence-corrected chi connectivity index (χ1v) is 8.50. The lowest BCUT2D eigenvalue weighted by molar-refractivity contribution is 0.0963. The molecule has 0 aromatic heterocycles. The fourth-order valence-electron chi connectivity index (χ4n) is 2.38. The van der Waals surface area contributed by atoms with Crippen molar-refractivity contribution in [3.8, 4) is 0 Å². The topological polar surface area (TPSA) is 65.5 Å². The number of nitrogens with zero attached hydrogens (tertiary/aromatic N) is 1. The van der Waals surface area contributed by atoms with Gasteiger partial charge in [-0.2, -0.15) is 0 Å². The Bertz CT molecular complexity index is 752. The number of amides is 1. The second-order valence-electron chi connectivity index (χ2n) is 5.47. The van der Waals surface area contributed by atoms with Gasteiger partial charge in [0, 0.05) is 37.8 Å². The Morgan fingerprint density at radius 1 is 1.12 bits per heavy atom. The zero-order valence-corrected chi connectivity index (χ0v) is 18.0. The maximum Gasteiger partial charge on any atom is 0.251 e. The van der Waals surface area contributed by atoms with Gasteiger partial charge in [0.2, 0.25) is 0 Å². The average molecular weight is 487 g/mol. The molecule has 2 rings (SSSR count). The highest BCUT2D eigenvalue weighted by molar-refractivity contribution is 14.0. The molecule has 0 saturated carbocycles. The predicted molar refractivity (Wildman–Crippen MR) is 119 cm³/mol. The molecule has 7 heteroatoms. The van der Waals surface area contributed by atoms with Crippen LogP contribution in [-0.4, -0.2) is 32.5 Å². The molecule has 1 amide bonds. The van der Waals surface area contributed by atoms with Gasteiger partial charge in [0.05, 0.1) is 0 Å². The fourth-order valence-corrected chi connectivity index (χ4v) is 2.58. The Morgan fingerprint density at radius 2 is 1.88 bits per heavy atom. The summed E-state index contributed by atoms with van der Waals surface area (Å²) < 4.78 is 0. The lowest BCUT2D eigenvalue weighted by atomic mass is 10.1. The molecular weight excluding hydrogens is 463 g/mol. The lowest BCUT2D eigenvalue weighted by Crippen LogP contribution is -2.37. The Hall–Kier alpha value is -1.80. The molecule has 0 aliphatic rings. The minimum absolute atomic E-state index is 0. The van der Waals surface area contributed by atoms with Crippen molar-refractivity contribution in [2.45, 2.75) is 13.0 Å². The Kier molecular flexibility index (Phi) is 10.0. The van der Waals surface area contributed by atoms with Crippen LogP contribution >= 0.6 is 35.6 Å². The van der Waals surface area contributed by atoms with Gasteiger partial charge in [0.15, 0.2) is 5.96 Å². The normalized spacial score (nSPS) is 10.7. The quantitative estimate of drug-likeness (QED) is 0.334. The highest BCUT2D eigenvalue weighted by Gasteiger charge is 2.04. The molecule has 3 N–H and O–H groups in total. The largest absolute Gasteiger partial charge is 0.356 e.